The van der Waals surface area contributed by atoms with Gasteiger partial charge in [0.25, 0.3) is 0 Å². The summed E-state index contributed by atoms with van der Waals surface area (Å²) in [4.78, 5) is 37.1. The Balaban J connectivity index is 1.32. The van der Waals surface area contributed by atoms with Crippen LogP contribution in [0.25, 0.3) is 0 Å². The number of benzene rings is 2. The fourth-order valence-electron chi connectivity index (χ4n) is 5.69. The normalized spacial score (nSPS) is 21.4. The second-order valence-corrected chi connectivity index (χ2v) is 11.5. The van der Waals surface area contributed by atoms with Crippen molar-refractivity contribution < 1.29 is 18.7 Å². The number of piperidine rings is 1. The molecule has 7 nitrogen and oxygen atoms in total. The average molecular weight is 586 g/mol. The standard InChI is InChI=1S/C30H31Cl2FN4O3/c1-30(35(2)29(39)40-25-10-8-24(33)9-11-25)19-37(18-26(30)20-3-5-22(31)6-4-20)28(38)21-13-15-36(16-14-21)27-12-7-23(32)17-34-27/h3-12,17,21,26H,13-16,18-19H2,1-2H3/t26-,30+/m1/s1. The number of ether oxygens (including phenoxy) is 1. The molecule has 0 N–H and O–H groups in total. The van der Waals surface area contributed by atoms with E-state index >= 15 is 0 Å². The van der Waals surface area contributed by atoms with E-state index in [-0.39, 0.29) is 23.5 Å². The van der Waals surface area contributed by atoms with Crippen LogP contribution in [0.3, 0.4) is 0 Å². The third-order valence-corrected chi connectivity index (χ3v) is 8.66. The first-order valence-corrected chi connectivity index (χ1v) is 14.0. The molecule has 2 fully saturated rings. The first-order valence-electron chi connectivity index (χ1n) is 13.3. The summed E-state index contributed by atoms with van der Waals surface area (Å²) in [5.41, 5.74) is 0.224. The molecular weight excluding hydrogens is 554 g/mol. The predicted molar refractivity (Wildman–Crippen MR) is 154 cm³/mol. The van der Waals surface area contributed by atoms with Gasteiger partial charge in [-0.15, -0.1) is 0 Å². The smallest absolute Gasteiger partial charge is 0.410 e. The number of likely N-dealkylation sites (tertiary alicyclic amines) is 1. The fraction of sp³-hybridized carbons (Fsp3) is 0.367. The Morgan fingerprint density at radius 1 is 1.00 bits per heavy atom. The molecule has 2 saturated heterocycles. The van der Waals surface area contributed by atoms with Crippen molar-refractivity contribution in [2.45, 2.75) is 31.2 Å². The second kappa shape index (κ2) is 11.6. The van der Waals surface area contributed by atoms with Gasteiger partial charge in [0.2, 0.25) is 5.91 Å². The van der Waals surface area contributed by atoms with Gasteiger partial charge >= 0.3 is 6.09 Å². The van der Waals surface area contributed by atoms with Crippen LogP contribution in [0.4, 0.5) is 15.0 Å². The molecule has 1 aromatic heterocycles. The molecule has 2 aliphatic rings. The van der Waals surface area contributed by atoms with Crippen molar-refractivity contribution in [3.8, 4) is 5.75 Å². The van der Waals surface area contributed by atoms with Crippen molar-refractivity contribution in [2.24, 2.45) is 5.92 Å². The number of hydrogen-bond acceptors (Lipinski definition) is 5. The van der Waals surface area contributed by atoms with E-state index in [0.29, 0.717) is 36.0 Å². The molecule has 2 aromatic carbocycles. The number of carbonyl (C=O) groups is 2. The average Bonchev–Trinajstić information content (AvgIpc) is 3.32. The number of carbonyl (C=O) groups excluding carboxylic acids is 2. The molecule has 0 spiro atoms. The van der Waals surface area contributed by atoms with Gasteiger partial charge in [-0.05, 0) is 73.9 Å². The highest BCUT2D eigenvalue weighted by Crippen LogP contribution is 2.41. The molecule has 5 rings (SSSR count). The van der Waals surface area contributed by atoms with Crippen molar-refractivity contribution >= 4 is 41.0 Å². The van der Waals surface area contributed by atoms with Crippen molar-refractivity contribution in [1.29, 1.82) is 0 Å². The van der Waals surface area contributed by atoms with E-state index in [2.05, 4.69) is 9.88 Å². The molecule has 3 heterocycles. The summed E-state index contributed by atoms with van der Waals surface area (Å²) in [7, 11) is 1.68. The van der Waals surface area contributed by atoms with Crippen LogP contribution in [0.2, 0.25) is 10.0 Å². The van der Waals surface area contributed by atoms with Gasteiger partial charge < -0.3 is 19.4 Å². The van der Waals surface area contributed by atoms with Gasteiger partial charge in [-0.1, -0.05) is 35.3 Å². The predicted octanol–water partition coefficient (Wildman–Crippen LogP) is 6.26. The Morgan fingerprint density at radius 2 is 1.65 bits per heavy atom. The minimum atomic E-state index is -0.755. The number of likely N-dealkylation sites (N-methyl/N-ethyl adjacent to an activating group) is 1. The molecule has 10 heteroatoms. The summed E-state index contributed by atoms with van der Waals surface area (Å²) in [5, 5.41) is 1.20. The first-order chi connectivity index (χ1) is 19.1. The van der Waals surface area contributed by atoms with Crippen LogP contribution in [0, 0.1) is 11.7 Å². The number of amides is 2. The molecule has 2 amide bonds. The van der Waals surface area contributed by atoms with E-state index in [4.69, 9.17) is 27.9 Å². The van der Waals surface area contributed by atoms with Gasteiger partial charge in [0.1, 0.15) is 17.4 Å². The molecule has 2 aliphatic heterocycles. The highest BCUT2D eigenvalue weighted by Gasteiger charge is 2.51. The third kappa shape index (κ3) is 5.88. The number of pyridine rings is 1. The largest absolute Gasteiger partial charge is 0.415 e. The van der Waals surface area contributed by atoms with E-state index in [1.165, 1.54) is 24.3 Å². The molecule has 0 bridgehead atoms. The number of rotatable bonds is 5. The van der Waals surface area contributed by atoms with Gasteiger partial charge in [-0.2, -0.15) is 0 Å². The number of nitrogens with zero attached hydrogens (tertiary/aromatic N) is 4. The van der Waals surface area contributed by atoms with Crippen LogP contribution in [0.15, 0.2) is 66.9 Å². The lowest BCUT2D eigenvalue weighted by Gasteiger charge is -2.39. The molecule has 2 atom stereocenters. The molecule has 0 saturated carbocycles. The molecule has 210 valence electrons. The molecule has 3 aromatic rings. The van der Waals surface area contributed by atoms with Gasteiger partial charge in [0.05, 0.1) is 10.6 Å². The van der Waals surface area contributed by atoms with E-state index in [1.54, 1.807) is 18.1 Å². The highest BCUT2D eigenvalue weighted by molar-refractivity contribution is 6.30. The van der Waals surface area contributed by atoms with Crippen LogP contribution >= 0.6 is 23.2 Å². The molecule has 0 radical (unpaired) electrons. The zero-order chi connectivity index (χ0) is 28.4. The van der Waals surface area contributed by atoms with Crippen LogP contribution in [0.5, 0.6) is 5.75 Å². The minimum Gasteiger partial charge on any atom is -0.410 e. The Kier molecular flexibility index (Phi) is 8.19. The number of aromatic nitrogens is 1. The van der Waals surface area contributed by atoms with Gasteiger partial charge in [0, 0.05) is 56.3 Å². The zero-order valence-corrected chi connectivity index (χ0v) is 23.9. The lowest BCUT2D eigenvalue weighted by atomic mass is 9.82. The summed E-state index contributed by atoms with van der Waals surface area (Å²) in [5.74, 6) is 0.492. The Morgan fingerprint density at radius 3 is 2.27 bits per heavy atom. The van der Waals surface area contributed by atoms with Crippen LogP contribution in [-0.2, 0) is 4.79 Å². The van der Waals surface area contributed by atoms with Crippen LogP contribution in [0.1, 0.15) is 31.2 Å². The van der Waals surface area contributed by atoms with Gasteiger partial charge in [0.15, 0.2) is 0 Å². The summed E-state index contributed by atoms with van der Waals surface area (Å²) < 4.78 is 18.9. The maximum Gasteiger partial charge on any atom is 0.415 e. The second-order valence-electron chi connectivity index (χ2n) is 10.7. The lowest BCUT2D eigenvalue weighted by molar-refractivity contribution is -0.135. The maximum absolute atomic E-state index is 13.8. The number of anilines is 1. The molecular formula is C30H31Cl2FN4O3. The Labute approximate surface area is 243 Å². The third-order valence-electron chi connectivity index (χ3n) is 8.19. The minimum absolute atomic E-state index is 0.0895. The van der Waals surface area contributed by atoms with Crippen molar-refractivity contribution in [2.75, 3.05) is 38.1 Å². The van der Waals surface area contributed by atoms with E-state index in [1.807, 2.05) is 48.2 Å². The van der Waals surface area contributed by atoms with E-state index < -0.39 is 17.4 Å². The fourth-order valence-corrected chi connectivity index (χ4v) is 5.93. The summed E-state index contributed by atoms with van der Waals surface area (Å²) in [6.45, 7) is 4.23. The monoisotopic (exact) mass is 584 g/mol. The summed E-state index contributed by atoms with van der Waals surface area (Å²) in [6.07, 6.45) is 2.48. The van der Waals surface area contributed by atoms with Crippen molar-refractivity contribution in [3.05, 3.63) is 88.3 Å². The highest BCUT2D eigenvalue weighted by atomic mass is 35.5. The van der Waals surface area contributed by atoms with E-state index in [9.17, 15) is 14.0 Å². The van der Waals surface area contributed by atoms with Crippen molar-refractivity contribution in [3.63, 3.8) is 0 Å². The first kappa shape index (κ1) is 28.2. The maximum atomic E-state index is 13.8. The number of hydrogen-bond donors (Lipinski definition) is 0. The zero-order valence-electron chi connectivity index (χ0n) is 22.4. The lowest BCUT2D eigenvalue weighted by Crippen LogP contribution is -2.53. The van der Waals surface area contributed by atoms with Crippen LogP contribution in [-0.4, -0.2) is 65.5 Å². The Bertz CT molecular complexity index is 1350. The molecule has 0 aliphatic carbocycles. The molecule has 40 heavy (non-hydrogen) atoms. The molecule has 0 unspecified atom stereocenters. The van der Waals surface area contributed by atoms with E-state index in [0.717, 1.165) is 24.5 Å². The van der Waals surface area contributed by atoms with Crippen LogP contribution < -0.4 is 9.64 Å². The number of halogens is 3. The van der Waals surface area contributed by atoms with Gasteiger partial charge in [-0.3, -0.25) is 4.79 Å². The Hall–Kier alpha value is -3.36. The van der Waals surface area contributed by atoms with Crippen molar-refractivity contribution in [1.82, 2.24) is 14.8 Å². The van der Waals surface area contributed by atoms with Gasteiger partial charge in [-0.25, -0.2) is 14.2 Å². The summed E-state index contributed by atoms with van der Waals surface area (Å²) in [6, 6.07) is 16.5. The topological polar surface area (TPSA) is 66.0 Å². The quantitative estimate of drug-likeness (QED) is 0.354. The SMILES string of the molecule is CN(C(=O)Oc1ccc(F)cc1)[C@@]1(C)CN(C(=O)C2CCN(c3ccc(Cl)cn3)CC2)C[C@@H]1c1ccc(Cl)cc1. The summed E-state index contributed by atoms with van der Waals surface area (Å²) >= 11 is 12.1.